The number of carbonyl (C=O) groups is 2. The number of aryl methyl sites for hydroxylation is 1. The highest BCUT2D eigenvalue weighted by Gasteiger charge is 2.37. The number of fused-ring (bicyclic) bond motifs is 3. The van der Waals surface area contributed by atoms with E-state index in [1.165, 1.54) is 4.90 Å². The number of amides is 3. The summed E-state index contributed by atoms with van der Waals surface area (Å²) in [4.78, 5) is 30.8. The van der Waals surface area contributed by atoms with E-state index in [2.05, 4.69) is 40.2 Å². The first-order chi connectivity index (χ1) is 18.4. The van der Waals surface area contributed by atoms with E-state index in [1.807, 2.05) is 68.3 Å². The van der Waals surface area contributed by atoms with Gasteiger partial charge >= 0.3 is 6.03 Å². The Morgan fingerprint density at radius 1 is 0.947 bits per heavy atom. The number of benzene rings is 3. The first kappa shape index (κ1) is 24.8. The molecule has 3 aromatic carbocycles. The lowest BCUT2D eigenvalue weighted by atomic mass is 9.97. The van der Waals surface area contributed by atoms with Crippen molar-refractivity contribution in [1.82, 2.24) is 9.47 Å². The molecule has 38 heavy (non-hydrogen) atoms. The van der Waals surface area contributed by atoms with E-state index < -0.39 is 0 Å². The van der Waals surface area contributed by atoms with Gasteiger partial charge in [-0.05, 0) is 74.9 Å². The van der Waals surface area contributed by atoms with Gasteiger partial charge in [0.05, 0.1) is 28.7 Å². The van der Waals surface area contributed by atoms with Crippen molar-refractivity contribution < 1.29 is 9.59 Å². The molecule has 0 radical (unpaired) electrons. The second-order valence-corrected chi connectivity index (χ2v) is 9.71. The molecule has 1 N–H and O–H groups in total. The number of rotatable bonds is 5. The van der Waals surface area contributed by atoms with Gasteiger partial charge in [-0.3, -0.25) is 9.69 Å². The highest BCUT2D eigenvalue weighted by molar-refractivity contribution is 6.01. The highest BCUT2D eigenvalue weighted by atomic mass is 16.2. The van der Waals surface area contributed by atoms with E-state index in [-0.39, 0.29) is 30.6 Å². The van der Waals surface area contributed by atoms with Crippen LogP contribution in [0.2, 0.25) is 0 Å². The van der Waals surface area contributed by atoms with Gasteiger partial charge in [-0.25, -0.2) is 4.79 Å². The first-order valence-corrected chi connectivity index (χ1v) is 12.6. The van der Waals surface area contributed by atoms with E-state index >= 15 is 0 Å². The highest BCUT2D eigenvalue weighted by Crippen LogP contribution is 2.42. The average molecular weight is 504 g/mol. The van der Waals surface area contributed by atoms with Gasteiger partial charge in [-0.15, -0.1) is 0 Å². The van der Waals surface area contributed by atoms with Crippen LogP contribution in [0.4, 0.5) is 16.2 Å². The number of hydrogen-bond acceptors (Lipinski definition) is 3. The third-order valence-corrected chi connectivity index (χ3v) is 6.84. The van der Waals surface area contributed by atoms with Crippen molar-refractivity contribution in [2.75, 3.05) is 16.8 Å². The fourth-order valence-corrected chi connectivity index (χ4v) is 4.86. The molecule has 0 fully saturated rings. The summed E-state index contributed by atoms with van der Waals surface area (Å²) in [5, 5.41) is 11.9. The summed E-state index contributed by atoms with van der Waals surface area (Å²) >= 11 is 0. The van der Waals surface area contributed by atoms with E-state index in [0.717, 1.165) is 28.2 Å². The molecular weight excluding hydrogens is 474 g/mol. The first-order valence-electron chi connectivity index (χ1n) is 12.6. The van der Waals surface area contributed by atoms with Crippen LogP contribution in [0.25, 0.3) is 5.69 Å². The molecule has 0 bridgehead atoms. The van der Waals surface area contributed by atoms with E-state index in [4.69, 9.17) is 5.26 Å². The van der Waals surface area contributed by atoms with Crippen molar-refractivity contribution in [3.05, 3.63) is 114 Å². The van der Waals surface area contributed by atoms with Crippen LogP contribution in [0.3, 0.4) is 0 Å². The molecule has 1 aliphatic heterocycles. The Labute approximate surface area is 222 Å². The number of hydrogen-bond donors (Lipinski definition) is 1. The lowest BCUT2D eigenvalue weighted by Crippen LogP contribution is -2.49. The molecule has 7 heteroatoms. The Hall–Kier alpha value is -4.83. The molecule has 0 spiro atoms. The summed E-state index contributed by atoms with van der Waals surface area (Å²) in [6, 6.07) is 27.9. The van der Waals surface area contributed by atoms with Crippen LogP contribution >= 0.6 is 0 Å². The standard InChI is InChI=1S/C31H29N5O2/c1-21(2)35(31(38)33-25-16-12-23(19-32)13-17-25)20-29(37)36-27-8-5-4-7-26(27)34-18-6-9-28(34)30(36)24-14-10-22(3)11-15-24/h4-18,21,30H,20H2,1-3H3,(H,33,38). The van der Waals surface area contributed by atoms with Crippen molar-refractivity contribution in [2.24, 2.45) is 0 Å². The number of urea groups is 1. The fraction of sp³-hybridized carbons (Fsp3) is 0.194. The lowest BCUT2D eigenvalue weighted by molar-refractivity contribution is -0.119. The second kappa shape index (κ2) is 10.3. The molecule has 5 rings (SSSR count). The normalized spacial score (nSPS) is 13.9. The number of para-hydroxylation sites is 2. The Kier molecular flexibility index (Phi) is 6.71. The van der Waals surface area contributed by atoms with Crippen LogP contribution in [-0.4, -0.2) is 34.0 Å². The van der Waals surface area contributed by atoms with Crippen molar-refractivity contribution >= 4 is 23.3 Å². The predicted octanol–water partition coefficient (Wildman–Crippen LogP) is 6.04. The van der Waals surface area contributed by atoms with Gasteiger partial charge in [0.1, 0.15) is 12.6 Å². The van der Waals surface area contributed by atoms with Crippen molar-refractivity contribution in [2.45, 2.75) is 32.9 Å². The van der Waals surface area contributed by atoms with Crippen molar-refractivity contribution in [3.8, 4) is 11.8 Å². The molecule has 7 nitrogen and oxygen atoms in total. The zero-order valence-electron chi connectivity index (χ0n) is 21.6. The smallest absolute Gasteiger partial charge is 0.316 e. The Balaban J connectivity index is 1.49. The average Bonchev–Trinajstić information content (AvgIpc) is 3.41. The zero-order chi connectivity index (χ0) is 26.8. The van der Waals surface area contributed by atoms with Gasteiger partial charge in [-0.2, -0.15) is 5.26 Å². The second-order valence-electron chi connectivity index (χ2n) is 9.71. The number of aromatic nitrogens is 1. The van der Waals surface area contributed by atoms with Crippen LogP contribution in [0.1, 0.15) is 42.3 Å². The summed E-state index contributed by atoms with van der Waals surface area (Å²) < 4.78 is 2.13. The van der Waals surface area contributed by atoms with Crippen LogP contribution < -0.4 is 10.2 Å². The lowest BCUT2D eigenvalue weighted by Gasteiger charge is -2.40. The Bertz CT molecular complexity index is 1510. The number of nitrogens with one attached hydrogen (secondary N) is 1. The number of nitrogens with zero attached hydrogens (tertiary/aromatic N) is 4. The largest absolute Gasteiger partial charge is 0.322 e. The summed E-state index contributed by atoms with van der Waals surface area (Å²) in [6.07, 6.45) is 2.02. The van der Waals surface area contributed by atoms with Crippen molar-refractivity contribution in [3.63, 3.8) is 0 Å². The third-order valence-electron chi connectivity index (χ3n) is 6.84. The number of anilines is 2. The minimum absolute atomic E-state index is 0.100. The van der Waals surface area contributed by atoms with Gasteiger partial charge in [0.15, 0.2) is 0 Å². The minimum Gasteiger partial charge on any atom is -0.316 e. The molecule has 1 atom stereocenters. The summed E-state index contributed by atoms with van der Waals surface area (Å²) in [5.41, 5.74) is 5.91. The maximum absolute atomic E-state index is 14.2. The molecule has 0 saturated carbocycles. The molecule has 1 aliphatic rings. The monoisotopic (exact) mass is 503 g/mol. The number of nitriles is 1. The fourth-order valence-electron chi connectivity index (χ4n) is 4.86. The Morgan fingerprint density at radius 2 is 1.63 bits per heavy atom. The van der Waals surface area contributed by atoms with E-state index in [0.29, 0.717) is 11.3 Å². The van der Waals surface area contributed by atoms with Gasteiger partial charge < -0.3 is 14.8 Å². The third kappa shape index (κ3) is 4.64. The van der Waals surface area contributed by atoms with Gasteiger partial charge in [0.25, 0.3) is 0 Å². The molecule has 1 unspecified atom stereocenters. The van der Waals surface area contributed by atoms with Crippen LogP contribution in [0.5, 0.6) is 0 Å². The summed E-state index contributed by atoms with van der Waals surface area (Å²) in [6.45, 7) is 5.71. The van der Waals surface area contributed by atoms with Crippen LogP contribution in [-0.2, 0) is 4.79 Å². The van der Waals surface area contributed by atoms with Crippen molar-refractivity contribution in [1.29, 1.82) is 5.26 Å². The van der Waals surface area contributed by atoms with Gasteiger partial charge in [0.2, 0.25) is 5.91 Å². The summed E-state index contributed by atoms with van der Waals surface area (Å²) in [7, 11) is 0. The van der Waals surface area contributed by atoms with Gasteiger partial charge in [0, 0.05) is 17.9 Å². The molecular formula is C31H29N5O2. The molecule has 1 aromatic heterocycles. The summed E-state index contributed by atoms with van der Waals surface area (Å²) in [5.74, 6) is -0.181. The Morgan fingerprint density at radius 3 is 2.29 bits per heavy atom. The molecule has 3 amide bonds. The maximum Gasteiger partial charge on any atom is 0.322 e. The quantitative estimate of drug-likeness (QED) is 0.361. The van der Waals surface area contributed by atoms with Gasteiger partial charge in [-0.1, -0.05) is 42.0 Å². The molecule has 0 saturated heterocycles. The maximum atomic E-state index is 14.2. The minimum atomic E-state index is -0.376. The van der Waals surface area contributed by atoms with E-state index in [1.54, 1.807) is 24.3 Å². The molecule has 2 heterocycles. The molecule has 0 aliphatic carbocycles. The van der Waals surface area contributed by atoms with Crippen LogP contribution in [0, 0.1) is 18.3 Å². The van der Waals surface area contributed by atoms with Crippen LogP contribution in [0.15, 0.2) is 91.1 Å². The van der Waals surface area contributed by atoms with E-state index in [9.17, 15) is 9.59 Å². The topological polar surface area (TPSA) is 81.4 Å². The predicted molar refractivity (Wildman–Crippen MR) is 148 cm³/mol. The molecule has 190 valence electrons. The SMILES string of the molecule is Cc1ccc(C2c3cccn3-c3ccccc3N2C(=O)CN(C(=O)Nc2ccc(C#N)cc2)C(C)C)cc1. The molecule has 4 aromatic rings. The number of carbonyl (C=O) groups excluding carboxylic acids is 2. The zero-order valence-corrected chi connectivity index (χ0v) is 21.6.